The lowest BCUT2D eigenvalue weighted by molar-refractivity contribution is 0.0698. The van der Waals surface area contributed by atoms with E-state index in [1.807, 2.05) is 31.2 Å². The molecule has 0 amide bonds. The van der Waals surface area contributed by atoms with Gasteiger partial charge in [-0.15, -0.1) is 0 Å². The van der Waals surface area contributed by atoms with Gasteiger partial charge in [-0.05, 0) is 60.5 Å². The van der Waals surface area contributed by atoms with Gasteiger partial charge in [0.15, 0.2) is 0 Å². The Hall–Kier alpha value is -3.03. The number of benzene rings is 3. The summed E-state index contributed by atoms with van der Waals surface area (Å²) in [5, 5.41) is 9.47. The van der Waals surface area contributed by atoms with Gasteiger partial charge in [-0.25, -0.2) is 13.2 Å². The van der Waals surface area contributed by atoms with Gasteiger partial charge in [0, 0.05) is 5.02 Å². The third-order valence-electron chi connectivity index (χ3n) is 4.10. The van der Waals surface area contributed by atoms with E-state index in [0.29, 0.717) is 6.61 Å². The predicted octanol–water partition coefficient (Wildman–Crippen LogP) is 4.90. The molecule has 150 valence electrons. The highest BCUT2D eigenvalue weighted by molar-refractivity contribution is 7.92. The number of hydrogen-bond acceptors (Lipinski definition) is 4. The summed E-state index contributed by atoms with van der Waals surface area (Å²) in [7, 11) is -3.98. The summed E-state index contributed by atoms with van der Waals surface area (Å²) in [6.45, 7) is 2.45. The summed E-state index contributed by atoms with van der Waals surface area (Å²) in [6.07, 6.45) is 0. The SMILES string of the molecule is CCOc1cccc(-c2ccc(S(=O)(=O)Nc3ccc(Cl)cc3C(=O)O)cc2)c1. The number of carboxylic acids is 1. The van der Waals surface area contributed by atoms with Gasteiger partial charge >= 0.3 is 5.97 Å². The third-order valence-corrected chi connectivity index (χ3v) is 5.72. The van der Waals surface area contributed by atoms with Crippen molar-refractivity contribution in [2.75, 3.05) is 11.3 Å². The Morgan fingerprint density at radius 1 is 1.03 bits per heavy atom. The van der Waals surface area contributed by atoms with E-state index in [1.165, 1.54) is 30.3 Å². The molecule has 3 rings (SSSR count). The lowest BCUT2D eigenvalue weighted by Gasteiger charge is -2.12. The molecular weight excluding hydrogens is 414 g/mol. The highest BCUT2D eigenvalue weighted by atomic mass is 35.5. The number of rotatable bonds is 7. The monoisotopic (exact) mass is 431 g/mol. The second-order valence-corrected chi connectivity index (χ2v) is 8.20. The van der Waals surface area contributed by atoms with Crippen molar-refractivity contribution in [2.24, 2.45) is 0 Å². The van der Waals surface area contributed by atoms with Crippen molar-refractivity contribution >= 4 is 33.3 Å². The molecule has 3 aromatic carbocycles. The van der Waals surface area contributed by atoms with Crippen LogP contribution in [-0.4, -0.2) is 26.1 Å². The second-order valence-electron chi connectivity index (χ2n) is 6.09. The zero-order valence-corrected chi connectivity index (χ0v) is 17.0. The van der Waals surface area contributed by atoms with Gasteiger partial charge in [0.1, 0.15) is 5.75 Å². The van der Waals surface area contributed by atoms with Crippen LogP contribution >= 0.6 is 11.6 Å². The number of carbonyl (C=O) groups is 1. The normalized spacial score (nSPS) is 11.1. The Morgan fingerprint density at radius 2 is 1.76 bits per heavy atom. The molecule has 0 radical (unpaired) electrons. The molecule has 0 saturated heterocycles. The first kappa shape index (κ1) is 20.7. The number of ether oxygens (including phenoxy) is 1. The van der Waals surface area contributed by atoms with Gasteiger partial charge in [0.2, 0.25) is 0 Å². The summed E-state index contributed by atoms with van der Waals surface area (Å²) in [5.41, 5.74) is 1.42. The van der Waals surface area contributed by atoms with E-state index in [1.54, 1.807) is 12.1 Å². The maximum absolute atomic E-state index is 12.7. The van der Waals surface area contributed by atoms with Gasteiger partial charge < -0.3 is 9.84 Å². The highest BCUT2D eigenvalue weighted by Gasteiger charge is 2.19. The lowest BCUT2D eigenvalue weighted by Crippen LogP contribution is -2.15. The van der Waals surface area contributed by atoms with Crippen LogP contribution in [0.2, 0.25) is 5.02 Å². The van der Waals surface area contributed by atoms with Crippen molar-refractivity contribution in [1.29, 1.82) is 0 Å². The molecule has 0 aliphatic rings. The minimum Gasteiger partial charge on any atom is -0.494 e. The Kier molecular flexibility index (Phi) is 6.10. The van der Waals surface area contributed by atoms with Crippen LogP contribution < -0.4 is 9.46 Å². The largest absolute Gasteiger partial charge is 0.494 e. The van der Waals surface area contributed by atoms with Crippen LogP contribution in [0.15, 0.2) is 71.6 Å². The van der Waals surface area contributed by atoms with Crippen LogP contribution in [0.5, 0.6) is 5.75 Å². The van der Waals surface area contributed by atoms with Gasteiger partial charge in [-0.2, -0.15) is 0 Å². The van der Waals surface area contributed by atoms with E-state index in [2.05, 4.69) is 4.72 Å². The fourth-order valence-electron chi connectivity index (χ4n) is 2.74. The minimum atomic E-state index is -3.98. The number of sulfonamides is 1. The molecule has 0 spiro atoms. The molecule has 3 aromatic rings. The topological polar surface area (TPSA) is 92.7 Å². The lowest BCUT2D eigenvalue weighted by atomic mass is 10.1. The van der Waals surface area contributed by atoms with E-state index < -0.39 is 16.0 Å². The van der Waals surface area contributed by atoms with E-state index in [0.717, 1.165) is 16.9 Å². The van der Waals surface area contributed by atoms with Crippen molar-refractivity contribution < 1.29 is 23.1 Å². The molecule has 0 aliphatic heterocycles. The van der Waals surface area contributed by atoms with Crippen LogP contribution in [0.4, 0.5) is 5.69 Å². The summed E-state index contributed by atoms with van der Waals surface area (Å²) >= 11 is 5.81. The molecule has 8 heteroatoms. The average Bonchev–Trinajstić information content (AvgIpc) is 2.70. The molecule has 29 heavy (non-hydrogen) atoms. The van der Waals surface area contributed by atoms with Crippen molar-refractivity contribution in [3.8, 4) is 16.9 Å². The average molecular weight is 432 g/mol. The van der Waals surface area contributed by atoms with Crippen molar-refractivity contribution in [2.45, 2.75) is 11.8 Å². The molecule has 0 fully saturated rings. The van der Waals surface area contributed by atoms with Crippen LogP contribution in [-0.2, 0) is 10.0 Å². The Bertz CT molecular complexity index is 1140. The fraction of sp³-hybridized carbons (Fsp3) is 0.0952. The summed E-state index contributed by atoms with van der Waals surface area (Å²) < 4.78 is 33.2. The van der Waals surface area contributed by atoms with Crippen LogP contribution in [0.25, 0.3) is 11.1 Å². The molecule has 0 saturated carbocycles. The maximum atomic E-state index is 12.7. The summed E-state index contributed by atoms with van der Waals surface area (Å²) in [6, 6.07) is 17.7. The number of carboxylic acid groups (broad SMARTS) is 1. The molecule has 0 heterocycles. The Balaban J connectivity index is 1.88. The Labute approximate surface area is 173 Å². The molecule has 0 aliphatic carbocycles. The highest BCUT2D eigenvalue weighted by Crippen LogP contribution is 2.27. The maximum Gasteiger partial charge on any atom is 0.337 e. The number of halogens is 1. The first-order valence-corrected chi connectivity index (χ1v) is 10.6. The molecule has 0 unspecified atom stereocenters. The minimum absolute atomic E-state index is 0.00787. The fourth-order valence-corrected chi connectivity index (χ4v) is 4.00. The van der Waals surface area contributed by atoms with Crippen LogP contribution in [0, 0.1) is 0 Å². The zero-order valence-electron chi connectivity index (χ0n) is 15.4. The predicted molar refractivity (Wildman–Crippen MR) is 112 cm³/mol. The zero-order chi connectivity index (χ0) is 21.0. The quantitative estimate of drug-likeness (QED) is 0.554. The van der Waals surface area contributed by atoms with Crippen molar-refractivity contribution in [3.63, 3.8) is 0 Å². The molecule has 2 N–H and O–H groups in total. The number of nitrogens with one attached hydrogen (secondary N) is 1. The van der Waals surface area contributed by atoms with Crippen LogP contribution in [0.3, 0.4) is 0 Å². The Morgan fingerprint density at radius 3 is 2.41 bits per heavy atom. The second kappa shape index (κ2) is 8.55. The summed E-state index contributed by atoms with van der Waals surface area (Å²) in [5.74, 6) is -0.554. The summed E-state index contributed by atoms with van der Waals surface area (Å²) in [4.78, 5) is 11.4. The van der Waals surface area contributed by atoms with Crippen molar-refractivity contribution in [3.05, 3.63) is 77.3 Å². The van der Waals surface area contributed by atoms with Gasteiger partial charge in [-0.1, -0.05) is 35.9 Å². The van der Waals surface area contributed by atoms with E-state index in [9.17, 15) is 18.3 Å². The van der Waals surface area contributed by atoms with Crippen LogP contribution in [0.1, 0.15) is 17.3 Å². The first-order valence-electron chi connectivity index (χ1n) is 8.69. The van der Waals surface area contributed by atoms with E-state index in [4.69, 9.17) is 16.3 Å². The van der Waals surface area contributed by atoms with Crippen molar-refractivity contribution in [1.82, 2.24) is 0 Å². The molecule has 0 atom stereocenters. The molecule has 6 nitrogen and oxygen atoms in total. The standard InChI is InChI=1S/C21H18ClNO5S/c1-2-28-17-5-3-4-15(12-17)14-6-9-18(10-7-14)29(26,27)23-20-11-8-16(22)13-19(20)21(24)25/h3-13,23H,2H2,1H3,(H,24,25). The number of anilines is 1. The number of hydrogen-bond donors (Lipinski definition) is 2. The van der Waals surface area contributed by atoms with Gasteiger partial charge in [0.25, 0.3) is 10.0 Å². The number of aromatic carboxylic acids is 1. The molecule has 0 bridgehead atoms. The van der Waals surface area contributed by atoms with E-state index in [-0.39, 0.29) is 21.2 Å². The third kappa shape index (κ3) is 4.88. The first-order chi connectivity index (χ1) is 13.8. The molecule has 0 aromatic heterocycles. The van der Waals surface area contributed by atoms with Gasteiger partial charge in [-0.3, -0.25) is 4.72 Å². The van der Waals surface area contributed by atoms with Gasteiger partial charge in [0.05, 0.1) is 22.8 Å². The molecular formula is C21H18ClNO5S. The van der Waals surface area contributed by atoms with E-state index >= 15 is 0 Å². The smallest absolute Gasteiger partial charge is 0.337 e.